The fourth-order valence-corrected chi connectivity index (χ4v) is 6.61. The third-order valence-corrected chi connectivity index (χ3v) is 9.01. The summed E-state index contributed by atoms with van der Waals surface area (Å²) in [7, 11) is 0. The largest absolute Gasteiger partial charge is 0.507 e. The van der Waals surface area contributed by atoms with Crippen LogP contribution >= 0.6 is 0 Å². The number of hydrogen-bond acceptors (Lipinski definition) is 5. The maximum atomic E-state index is 10.4. The van der Waals surface area contributed by atoms with Crippen LogP contribution in [-0.2, 0) is 21.1 Å². The molecule has 3 heterocycles. The second-order valence-electron chi connectivity index (χ2n) is 13.0. The summed E-state index contributed by atoms with van der Waals surface area (Å²) in [4.78, 5) is 15.2. The number of fused-ring (bicyclic) bond motifs is 5. The van der Waals surface area contributed by atoms with Crippen molar-refractivity contribution < 1.29 is 30.9 Å². The standard InChI is InChI=1S/C43H35N4O2.Pt/c1-26(2)32-23-29(28-13-6-5-7-14-28)24-33(27(3)4)41(32)43-45-36-22-21-30(25-34(36)42-46-37-16-9-10-18-38(37)47(42)43)49-40-20-12-17-35(44-40)31-15-8-11-19-39(31)48;/h5-24,26-27,48H,1-4H3;/q-1;. The first-order valence-electron chi connectivity index (χ1n) is 16.7. The number of pyridine rings is 1. The zero-order chi connectivity index (χ0) is 33.6. The van der Waals surface area contributed by atoms with Gasteiger partial charge in [0, 0.05) is 44.0 Å². The van der Waals surface area contributed by atoms with Gasteiger partial charge in [0.05, 0.1) is 22.4 Å². The van der Waals surface area contributed by atoms with Crippen molar-refractivity contribution in [2.45, 2.75) is 39.5 Å². The fraction of sp³-hybridized carbons (Fsp3) is 0.140. The third kappa shape index (κ3) is 5.94. The van der Waals surface area contributed by atoms with Gasteiger partial charge in [-0.05, 0) is 69.9 Å². The van der Waals surface area contributed by atoms with Crippen LogP contribution in [0.2, 0.25) is 0 Å². The van der Waals surface area contributed by atoms with Crippen molar-refractivity contribution in [3.05, 3.63) is 139 Å². The number of nitrogens with zero attached hydrogens (tertiary/aromatic N) is 4. The van der Waals surface area contributed by atoms with Gasteiger partial charge >= 0.3 is 0 Å². The predicted octanol–water partition coefficient (Wildman–Crippen LogP) is 11.0. The quantitative estimate of drug-likeness (QED) is 0.162. The molecule has 0 saturated carbocycles. The minimum atomic E-state index is 0. The minimum Gasteiger partial charge on any atom is -0.507 e. The Kier molecular flexibility index (Phi) is 8.98. The number of phenolic OH excluding ortho intramolecular Hbond substituents is 1. The van der Waals surface area contributed by atoms with Gasteiger partial charge in [0.15, 0.2) is 0 Å². The molecule has 0 aliphatic heterocycles. The molecule has 3 aromatic heterocycles. The van der Waals surface area contributed by atoms with Gasteiger partial charge < -0.3 is 14.2 Å². The second-order valence-corrected chi connectivity index (χ2v) is 13.0. The van der Waals surface area contributed by atoms with Crippen LogP contribution in [0, 0.1) is 6.07 Å². The Bertz CT molecular complexity index is 2480. The Morgan fingerprint density at radius 2 is 1.36 bits per heavy atom. The normalized spacial score (nSPS) is 11.5. The van der Waals surface area contributed by atoms with Gasteiger partial charge in [0.25, 0.3) is 0 Å². The van der Waals surface area contributed by atoms with Crippen LogP contribution in [0.5, 0.6) is 17.4 Å². The van der Waals surface area contributed by atoms with Gasteiger partial charge in [-0.1, -0.05) is 118 Å². The number of ether oxygens (including phenoxy) is 1. The van der Waals surface area contributed by atoms with Crippen molar-refractivity contribution in [2.24, 2.45) is 0 Å². The molecule has 0 bridgehead atoms. The molecule has 7 heteroatoms. The molecule has 0 unspecified atom stereocenters. The number of aromatic hydroxyl groups is 1. The topological polar surface area (TPSA) is 72.5 Å². The monoisotopic (exact) mass is 834 g/mol. The molecule has 8 aromatic rings. The first-order valence-corrected chi connectivity index (χ1v) is 16.7. The van der Waals surface area contributed by atoms with E-state index >= 15 is 0 Å². The summed E-state index contributed by atoms with van der Waals surface area (Å²) >= 11 is 0. The van der Waals surface area contributed by atoms with Gasteiger partial charge in [-0.3, -0.25) is 9.97 Å². The molecule has 5 aromatic carbocycles. The van der Waals surface area contributed by atoms with Crippen LogP contribution in [-0.4, -0.2) is 24.5 Å². The first-order chi connectivity index (χ1) is 23.9. The van der Waals surface area contributed by atoms with Gasteiger partial charge in [-0.15, -0.1) is 6.07 Å². The van der Waals surface area contributed by atoms with Crippen molar-refractivity contribution >= 4 is 27.6 Å². The number of phenols is 1. The van der Waals surface area contributed by atoms with Gasteiger partial charge in [0.1, 0.15) is 11.6 Å². The molecule has 250 valence electrons. The number of para-hydroxylation sites is 3. The molecule has 50 heavy (non-hydrogen) atoms. The number of aromatic nitrogens is 4. The molecule has 0 aliphatic rings. The van der Waals surface area contributed by atoms with E-state index in [0.717, 1.165) is 39.0 Å². The van der Waals surface area contributed by atoms with Crippen molar-refractivity contribution in [3.8, 4) is 51.2 Å². The Balaban J connectivity index is 0.00000392. The van der Waals surface area contributed by atoms with E-state index in [2.05, 4.69) is 91.7 Å². The van der Waals surface area contributed by atoms with Crippen LogP contribution in [0.1, 0.15) is 50.7 Å². The van der Waals surface area contributed by atoms with E-state index < -0.39 is 0 Å². The Hall–Kier alpha value is -5.32. The van der Waals surface area contributed by atoms with Crippen molar-refractivity contribution in [3.63, 3.8) is 0 Å². The molecule has 0 spiro atoms. The van der Waals surface area contributed by atoms with Gasteiger partial charge in [0.2, 0.25) is 5.88 Å². The maximum Gasteiger partial charge on any atom is 0.217 e. The molecule has 0 saturated heterocycles. The van der Waals surface area contributed by atoms with E-state index in [4.69, 9.17) is 14.7 Å². The fourth-order valence-electron chi connectivity index (χ4n) is 6.61. The first kappa shape index (κ1) is 33.2. The summed E-state index contributed by atoms with van der Waals surface area (Å²) in [6, 6.07) is 43.4. The molecule has 8 rings (SSSR count). The van der Waals surface area contributed by atoms with Crippen LogP contribution in [0.3, 0.4) is 0 Å². The van der Waals surface area contributed by atoms with Gasteiger partial charge in [-0.2, -0.15) is 0 Å². The van der Waals surface area contributed by atoms with E-state index in [1.165, 1.54) is 22.3 Å². The zero-order valence-electron chi connectivity index (χ0n) is 28.2. The summed E-state index contributed by atoms with van der Waals surface area (Å²) in [5.41, 5.74) is 10.7. The Morgan fingerprint density at radius 1 is 0.660 bits per heavy atom. The van der Waals surface area contributed by atoms with E-state index in [-0.39, 0.29) is 38.7 Å². The number of rotatable bonds is 7. The van der Waals surface area contributed by atoms with Crippen molar-refractivity contribution in [1.82, 2.24) is 19.4 Å². The number of hydrogen-bond donors (Lipinski definition) is 1. The average molecular weight is 835 g/mol. The van der Waals surface area contributed by atoms with E-state index in [0.29, 0.717) is 22.9 Å². The van der Waals surface area contributed by atoms with Crippen molar-refractivity contribution in [1.29, 1.82) is 0 Å². The molecule has 0 radical (unpaired) electrons. The molecule has 1 N–H and O–H groups in total. The molecule has 6 nitrogen and oxygen atoms in total. The van der Waals surface area contributed by atoms with Crippen LogP contribution in [0.4, 0.5) is 0 Å². The average Bonchev–Trinajstić information content (AvgIpc) is 3.52. The Labute approximate surface area is 305 Å². The summed E-state index contributed by atoms with van der Waals surface area (Å²) in [6.07, 6.45) is 0. The summed E-state index contributed by atoms with van der Waals surface area (Å²) < 4.78 is 8.45. The summed E-state index contributed by atoms with van der Waals surface area (Å²) in [5.74, 6) is 2.42. The van der Waals surface area contributed by atoms with Gasteiger partial charge in [-0.25, -0.2) is 4.98 Å². The summed E-state index contributed by atoms with van der Waals surface area (Å²) in [6.45, 7) is 9.01. The Morgan fingerprint density at radius 3 is 2.10 bits per heavy atom. The molecular formula is C43H35N4O2Pt-. The van der Waals surface area contributed by atoms with Crippen LogP contribution < -0.4 is 4.74 Å². The predicted molar refractivity (Wildman–Crippen MR) is 197 cm³/mol. The van der Waals surface area contributed by atoms with Crippen LogP contribution in [0.25, 0.3) is 61.4 Å². The van der Waals surface area contributed by atoms with E-state index in [1.807, 2.05) is 54.6 Å². The molecule has 0 fully saturated rings. The smallest absolute Gasteiger partial charge is 0.217 e. The number of imidazole rings is 1. The third-order valence-electron chi connectivity index (χ3n) is 9.01. The molecule has 0 aliphatic carbocycles. The zero-order valence-corrected chi connectivity index (χ0v) is 30.4. The maximum absolute atomic E-state index is 10.4. The number of benzene rings is 5. The minimum absolute atomic E-state index is 0. The molecule has 0 amide bonds. The second kappa shape index (κ2) is 13.5. The SMILES string of the molecule is CC(C)c1cc(-c2ccccc2)cc(C(C)C)c1-c1nc2ccc(Oc3cccc(-c4ccccc4O)n3)[c-]c2c2nc3ccccc3n12.[Pt]. The van der Waals surface area contributed by atoms with E-state index in [1.54, 1.807) is 18.2 Å². The summed E-state index contributed by atoms with van der Waals surface area (Å²) in [5, 5.41) is 11.1. The van der Waals surface area contributed by atoms with Crippen molar-refractivity contribution in [2.75, 3.05) is 0 Å². The van der Waals surface area contributed by atoms with E-state index in [9.17, 15) is 5.11 Å². The molecular weight excluding hydrogens is 800 g/mol. The van der Waals surface area contributed by atoms with Crippen LogP contribution in [0.15, 0.2) is 121 Å². The molecule has 0 atom stereocenters.